The predicted molar refractivity (Wildman–Crippen MR) is 78.5 cm³/mol. The van der Waals surface area contributed by atoms with Crippen molar-refractivity contribution in [1.29, 1.82) is 0 Å². The average Bonchev–Trinajstić information content (AvgIpc) is 2.84. The molecule has 0 spiro atoms. The molecule has 2 N–H and O–H groups in total. The Labute approximate surface area is 119 Å². The molecule has 0 aliphatic carbocycles. The monoisotopic (exact) mass is 274 g/mol. The van der Waals surface area contributed by atoms with Gasteiger partial charge in [-0.15, -0.1) is 0 Å². The molecule has 4 heteroatoms. The second-order valence-corrected chi connectivity index (χ2v) is 5.99. The van der Waals surface area contributed by atoms with Crippen molar-refractivity contribution in [3.8, 4) is 0 Å². The Bertz CT molecular complexity index is 501. The van der Waals surface area contributed by atoms with E-state index in [1.165, 1.54) is 5.56 Å². The Morgan fingerprint density at radius 2 is 2.15 bits per heavy atom. The summed E-state index contributed by atoms with van der Waals surface area (Å²) in [5, 5.41) is 12.8. The van der Waals surface area contributed by atoms with Gasteiger partial charge in [-0.1, -0.05) is 18.2 Å². The zero-order valence-corrected chi connectivity index (χ0v) is 11.9. The van der Waals surface area contributed by atoms with Crippen LogP contribution in [0.5, 0.6) is 0 Å². The Kier molecular flexibility index (Phi) is 3.76. The number of para-hydroxylation sites is 1. The highest BCUT2D eigenvalue weighted by Gasteiger charge is 2.35. The van der Waals surface area contributed by atoms with Crippen molar-refractivity contribution in [2.45, 2.75) is 38.3 Å². The van der Waals surface area contributed by atoms with Gasteiger partial charge in [0.25, 0.3) is 0 Å². The van der Waals surface area contributed by atoms with Gasteiger partial charge < -0.3 is 10.4 Å². The average molecular weight is 274 g/mol. The van der Waals surface area contributed by atoms with Crippen molar-refractivity contribution in [3.63, 3.8) is 0 Å². The van der Waals surface area contributed by atoms with Gasteiger partial charge in [-0.05, 0) is 50.3 Å². The van der Waals surface area contributed by atoms with Gasteiger partial charge in [-0.25, -0.2) is 0 Å². The molecule has 0 radical (unpaired) electrons. The number of benzene rings is 1. The topological polar surface area (TPSA) is 52.6 Å². The number of nitrogens with zero attached hydrogens (tertiary/aromatic N) is 1. The van der Waals surface area contributed by atoms with Crippen LogP contribution in [0.2, 0.25) is 0 Å². The molecule has 108 valence electrons. The van der Waals surface area contributed by atoms with E-state index >= 15 is 0 Å². The van der Waals surface area contributed by atoms with Crippen molar-refractivity contribution in [2.75, 3.05) is 18.4 Å². The highest BCUT2D eigenvalue weighted by Crippen LogP contribution is 2.28. The van der Waals surface area contributed by atoms with Crippen LogP contribution in [0.4, 0.5) is 5.69 Å². The molecule has 2 heterocycles. The number of fused-ring (bicyclic) bond motifs is 1. The lowest BCUT2D eigenvalue weighted by atomic mass is 10.0. The molecule has 1 aromatic rings. The highest BCUT2D eigenvalue weighted by molar-refractivity contribution is 5.96. The largest absolute Gasteiger partial charge is 0.393 e. The van der Waals surface area contributed by atoms with E-state index < -0.39 is 0 Å². The van der Waals surface area contributed by atoms with E-state index in [4.69, 9.17) is 0 Å². The minimum atomic E-state index is -0.286. The van der Waals surface area contributed by atoms with Crippen molar-refractivity contribution < 1.29 is 9.90 Å². The second-order valence-electron chi connectivity index (χ2n) is 5.99. The highest BCUT2D eigenvalue weighted by atomic mass is 16.3. The lowest BCUT2D eigenvalue weighted by Crippen LogP contribution is -2.42. The molecule has 4 nitrogen and oxygen atoms in total. The Morgan fingerprint density at radius 1 is 1.35 bits per heavy atom. The van der Waals surface area contributed by atoms with E-state index in [1.54, 1.807) is 0 Å². The summed E-state index contributed by atoms with van der Waals surface area (Å²) >= 11 is 0. The predicted octanol–water partition coefficient (Wildman–Crippen LogP) is 1.64. The van der Waals surface area contributed by atoms with Gasteiger partial charge in [0, 0.05) is 12.2 Å². The van der Waals surface area contributed by atoms with Crippen molar-refractivity contribution in [1.82, 2.24) is 4.90 Å². The van der Waals surface area contributed by atoms with Crippen LogP contribution in [0, 0.1) is 5.92 Å². The van der Waals surface area contributed by atoms with Crippen LogP contribution >= 0.6 is 0 Å². The van der Waals surface area contributed by atoms with Gasteiger partial charge in [0.2, 0.25) is 5.91 Å². The number of likely N-dealkylation sites (tertiary alicyclic amines) is 1. The van der Waals surface area contributed by atoms with Crippen molar-refractivity contribution in [2.24, 2.45) is 5.92 Å². The minimum absolute atomic E-state index is 0.0638. The number of carbonyl (C=O) groups is 1. The number of nitrogens with one attached hydrogen (secondary N) is 1. The molecular weight excluding hydrogens is 252 g/mol. The molecule has 2 aliphatic rings. The Balaban J connectivity index is 1.72. The molecular formula is C16H22N2O2. The second kappa shape index (κ2) is 5.54. The first-order valence-electron chi connectivity index (χ1n) is 7.46. The summed E-state index contributed by atoms with van der Waals surface area (Å²) in [6, 6.07) is 7.97. The third-order valence-electron chi connectivity index (χ3n) is 4.64. The van der Waals surface area contributed by atoms with Crippen molar-refractivity contribution >= 4 is 11.6 Å². The first-order chi connectivity index (χ1) is 9.65. The van der Waals surface area contributed by atoms with E-state index in [2.05, 4.69) is 16.3 Å². The zero-order chi connectivity index (χ0) is 14.1. The molecule has 0 bridgehead atoms. The smallest absolute Gasteiger partial charge is 0.241 e. The quantitative estimate of drug-likeness (QED) is 0.862. The van der Waals surface area contributed by atoms with Gasteiger partial charge in [0.1, 0.15) is 0 Å². The molecule has 1 amide bonds. The van der Waals surface area contributed by atoms with Crippen LogP contribution in [0.1, 0.15) is 25.3 Å². The summed E-state index contributed by atoms with van der Waals surface area (Å²) in [6.07, 6.45) is 2.48. The van der Waals surface area contributed by atoms with Crippen LogP contribution in [-0.2, 0) is 11.2 Å². The van der Waals surface area contributed by atoms with E-state index in [1.807, 2.05) is 25.1 Å². The molecule has 20 heavy (non-hydrogen) atoms. The molecule has 1 fully saturated rings. The molecule has 3 unspecified atom stereocenters. The summed E-state index contributed by atoms with van der Waals surface area (Å²) in [7, 11) is 0. The Morgan fingerprint density at radius 3 is 2.90 bits per heavy atom. The Hall–Kier alpha value is -1.39. The van der Waals surface area contributed by atoms with Gasteiger partial charge in [-0.3, -0.25) is 9.69 Å². The fraction of sp³-hybridized carbons (Fsp3) is 0.562. The minimum Gasteiger partial charge on any atom is -0.393 e. The van der Waals surface area contributed by atoms with E-state index in [-0.39, 0.29) is 18.1 Å². The molecule has 0 aromatic heterocycles. The van der Waals surface area contributed by atoms with Crippen LogP contribution in [0.25, 0.3) is 0 Å². The lowest BCUT2D eigenvalue weighted by molar-refractivity contribution is -0.121. The number of anilines is 1. The maximum absolute atomic E-state index is 12.4. The molecule has 1 aromatic carbocycles. The van der Waals surface area contributed by atoms with Crippen LogP contribution in [0.3, 0.4) is 0 Å². The number of hydrogen-bond donors (Lipinski definition) is 2. The number of amides is 1. The molecule has 2 aliphatic heterocycles. The number of aryl methyl sites for hydroxylation is 1. The normalized spacial score (nSPS) is 28.6. The van der Waals surface area contributed by atoms with E-state index in [0.29, 0.717) is 5.92 Å². The number of hydrogen-bond acceptors (Lipinski definition) is 3. The maximum Gasteiger partial charge on any atom is 0.241 e. The van der Waals surface area contributed by atoms with Crippen LogP contribution < -0.4 is 5.32 Å². The molecule has 3 rings (SSSR count). The van der Waals surface area contributed by atoms with Crippen molar-refractivity contribution in [3.05, 3.63) is 29.8 Å². The fourth-order valence-corrected chi connectivity index (χ4v) is 3.34. The van der Waals surface area contributed by atoms with Crippen LogP contribution in [-0.4, -0.2) is 41.1 Å². The molecule has 3 atom stereocenters. The molecule has 1 saturated heterocycles. The van der Waals surface area contributed by atoms with Gasteiger partial charge in [0.05, 0.1) is 12.1 Å². The summed E-state index contributed by atoms with van der Waals surface area (Å²) in [5.74, 6) is 0.398. The SMILES string of the molecule is CC(O)C1CCN(C2CCc3ccccc3NC2=O)C1. The summed E-state index contributed by atoms with van der Waals surface area (Å²) in [4.78, 5) is 14.7. The number of aliphatic hydroxyl groups excluding tert-OH is 1. The number of carbonyl (C=O) groups excluding carboxylic acids is 1. The van der Waals surface area contributed by atoms with Gasteiger partial charge in [0.15, 0.2) is 0 Å². The van der Waals surface area contributed by atoms with Crippen LogP contribution in [0.15, 0.2) is 24.3 Å². The lowest BCUT2D eigenvalue weighted by Gasteiger charge is -2.25. The number of aliphatic hydroxyl groups is 1. The fourth-order valence-electron chi connectivity index (χ4n) is 3.34. The summed E-state index contributed by atoms with van der Waals surface area (Å²) in [6.45, 7) is 3.58. The van der Waals surface area contributed by atoms with Gasteiger partial charge in [-0.2, -0.15) is 0 Å². The summed E-state index contributed by atoms with van der Waals surface area (Å²) < 4.78 is 0. The standard InChI is InChI=1S/C16H22N2O2/c1-11(19)13-8-9-18(10-13)15-7-6-12-4-2-3-5-14(12)17-16(15)20/h2-5,11,13,15,19H,6-10H2,1H3,(H,17,20). The third kappa shape index (κ3) is 2.58. The van der Waals surface area contributed by atoms with E-state index in [9.17, 15) is 9.90 Å². The molecule has 0 saturated carbocycles. The van der Waals surface area contributed by atoms with Gasteiger partial charge >= 0.3 is 0 Å². The zero-order valence-electron chi connectivity index (χ0n) is 11.9. The first-order valence-corrected chi connectivity index (χ1v) is 7.46. The third-order valence-corrected chi connectivity index (χ3v) is 4.64. The van der Waals surface area contributed by atoms with E-state index in [0.717, 1.165) is 38.0 Å². The number of rotatable bonds is 2. The first kappa shape index (κ1) is 13.6. The maximum atomic E-state index is 12.4. The summed E-state index contributed by atoms with van der Waals surface area (Å²) in [5.41, 5.74) is 2.17.